The number of ether oxygens (including phenoxy) is 1. The Morgan fingerprint density at radius 1 is 0.762 bits per heavy atom. The molecule has 4 rings (SSSR count). The maximum absolute atomic E-state index is 12.3. The minimum atomic E-state index is -0.109. The lowest BCUT2D eigenvalue weighted by molar-refractivity contribution is -0.126. The first-order valence-electron chi connectivity index (χ1n) is 15.1. The number of nitrogens with zero attached hydrogens (tertiary/aromatic N) is 1. The van der Waals surface area contributed by atoms with Gasteiger partial charge >= 0.3 is 0 Å². The first-order valence-corrected chi connectivity index (χ1v) is 15.1. The van der Waals surface area contributed by atoms with Gasteiger partial charge in [0.25, 0.3) is 0 Å². The molecule has 0 atom stereocenters. The molecule has 0 aliphatic heterocycles. The molecule has 0 spiro atoms. The number of carbonyl (C=O) groups excluding carboxylic acids is 3. The number of benzene rings is 2. The van der Waals surface area contributed by atoms with Crippen LogP contribution in [0.3, 0.4) is 0 Å². The van der Waals surface area contributed by atoms with E-state index in [1.807, 2.05) is 66.7 Å². The highest BCUT2D eigenvalue weighted by Crippen LogP contribution is 2.22. The van der Waals surface area contributed by atoms with E-state index in [0.29, 0.717) is 26.1 Å². The second-order valence-corrected chi connectivity index (χ2v) is 10.8. The molecule has 3 aromatic rings. The van der Waals surface area contributed by atoms with Crippen molar-refractivity contribution in [2.24, 2.45) is 0 Å². The highest BCUT2D eigenvalue weighted by molar-refractivity contribution is 5.83. The Hall–Kier alpha value is -4.20. The van der Waals surface area contributed by atoms with Crippen LogP contribution in [0.4, 0.5) is 0 Å². The van der Waals surface area contributed by atoms with Gasteiger partial charge in [-0.2, -0.15) is 0 Å². The lowest BCUT2D eigenvalue weighted by Gasteiger charge is -2.16. The standard InChI is InChI=1S/C34H42N4O4/c39-32(19-20-33(40)38-29-11-6-1-2-7-12-29)35-21-8-22-42-31-17-14-27(15-18-31)28-13-16-30(36-25-28)23-34(41)37-24-26-9-4-3-5-10-26/h3-5,9-10,13-18,25,29H,1-2,6-8,11-12,19-24H2,(H,35,39)(H,37,41)(H,38,40). The van der Waals surface area contributed by atoms with Crippen molar-refractivity contribution in [2.75, 3.05) is 13.2 Å². The van der Waals surface area contributed by atoms with Crippen LogP contribution in [0.15, 0.2) is 72.9 Å². The predicted octanol–water partition coefficient (Wildman–Crippen LogP) is 5.11. The van der Waals surface area contributed by atoms with Gasteiger partial charge in [-0.15, -0.1) is 0 Å². The number of hydrogen-bond acceptors (Lipinski definition) is 5. The molecule has 1 aliphatic carbocycles. The van der Waals surface area contributed by atoms with E-state index in [9.17, 15) is 14.4 Å². The summed E-state index contributed by atoms with van der Waals surface area (Å²) in [7, 11) is 0. The smallest absolute Gasteiger partial charge is 0.226 e. The number of pyridine rings is 1. The summed E-state index contributed by atoms with van der Waals surface area (Å²) in [6.45, 7) is 1.48. The van der Waals surface area contributed by atoms with Crippen molar-refractivity contribution < 1.29 is 19.1 Å². The van der Waals surface area contributed by atoms with Crippen LogP contribution in [-0.4, -0.2) is 41.9 Å². The first kappa shape index (κ1) is 30.8. The van der Waals surface area contributed by atoms with Crippen molar-refractivity contribution >= 4 is 17.7 Å². The summed E-state index contributed by atoms with van der Waals surface area (Å²) < 4.78 is 5.81. The Morgan fingerprint density at radius 2 is 1.48 bits per heavy atom. The monoisotopic (exact) mass is 570 g/mol. The van der Waals surface area contributed by atoms with Crippen LogP contribution in [0.2, 0.25) is 0 Å². The summed E-state index contributed by atoms with van der Waals surface area (Å²) in [6.07, 6.45) is 10.0. The third-order valence-corrected chi connectivity index (χ3v) is 7.40. The molecule has 3 amide bonds. The molecule has 222 valence electrons. The van der Waals surface area contributed by atoms with Crippen LogP contribution >= 0.6 is 0 Å². The van der Waals surface area contributed by atoms with Gasteiger partial charge < -0.3 is 20.7 Å². The lowest BCUT2D eigenvalue weighted by Crippen LogP contribution is -2.35. The van der Waals surface area contributed by atoms with Crippen molar-refractivity contribution in [2.45, 2.75) is 76.8 Å². The second kappa shape index (κ2) is 16.9. The van der Waals surface area contributed by atoms with Crippen LogP contribution in [0.25, 0.3) is 11.1 Å². The fourth-order valence-corrected chi connectivity index (χ4v) is 5.00. The fourth-order valence-electron chi connectivity index (χ4n) is 5.00. The zero-order valence-electron chi connectivity index (χ0n) is 24.3. The van der Waals surface area contributed by atoms with Gasteiger partial charge in [0.1, 0.15) is 5.75 Å². The Bertz CT molecular complexity index is 1250. The molecule has 0 unspecified atom stereocenters. The van der Waals surface area contributed by atoms with E-state index in [2.05, 4.69) is 20.9 Å². The molecule has 1 saturated carbocycles. The Morgan fingerprint density at radius 3 is 2.19 bits per heavy atom. The summed E-state index contributed by atoms with van der Waals surface area (Å²) in [5.41, 5.74) is 3.74. The largest absolute Gasteiger partial charge is 0.494 e. The average molecular weight is 571 g/mol. The molecule has 0 saturated heterocycles. The topological polar surface area (TPSA) is 109 Å². The number of aromatic nitrogens is 1. The number of amides is 3. The van der Waals surface area contributed by atoms with E-state index in [1.165, 1.54) is 25.7 Å². The third kappa shape index (κ3) is 11.0. The number of hydrogen-bond donors (Lipinski definition) is 3. The molecule has 8 heteroatoms. The highest BCUT2D eigenvalue weighted by atomic mass is 16.5. The first-order chi connectivity index (χ1) is 20.5. The quantitative estimate of drug-likeness (QED) is 0.184. The molecule has 1 heterocycles. The van der Waals surface area contributed by atoms with Crippen LogP contribution in [0.1, 0.15) is 69.0 Å². The summed E-state index contributed by atoms with van der Waals surface area (Å²) >= 11 is 0. The number of rotatable bonds is 14. The van der Waals surface area contributed by atoms with E-state index in [0.717, 1.165) is 41.0 Å². The molecule has 42 heavy (non-hydrogen) atoms. The lowest BCUT2D eigenvalue weighted by atomic mass is 10.1. The third-order valence-electron chi connectivity index (χ3n) is 7.40. The highest BCUT2D eigenvalue weighted by Gasteiger charge is 2.15. The van der Waals surface area contributed by atoms with Gasteiger partial charge in [0, 0.05) is 49.4 Å². The summed E-state index contributed by atoms with van der Waals surface area (Å²) in [5.74, 6) is 0.549. The predicted molar refractivity (Wildman–Crippen MR) is 164 cm³/mol. The van der Waals surface area contributed by atoms with Gasteiger partial charge in [-0.25, -0.2) is 0 Å². The van der Waals surface area contributed by atoms with E-state index < -0.39 is 0 Å². The van der Waals surface area contributed by atoms with Crippen LogP contribution in [0, 0.1) is 0 Å². The molecule has 3 N–H and O–H groups in total. The van der Waals surface area contributed by atoms with Crippen molar-refractivity contribution in [1.82, 2.24) is 20.9 Å². The molecule has 8 nitrogen and oxygen atoms in total. The van der Waals surface area contributed by atoms with Gasteiger partial charge in [-0.3, -0.25) is 19.4 Å². The van der Waals surface area contributed by atoms with Gasteiger partial charge in [0.05, 0.1) is 13.0 Å². The molecule has 1 aliphatic rings. The van der Waals surface area contributed by atoms with Gasteiger partial charge in [0.2, 0.25) is 17.7 Å². The second-order valence-electron chi connectivity index (χ2n) is 10.8. The van der Waals surface area contributed by atoms with Crippen molar-refractivity contribution in [3.8, 4) is 16.9 Å². The van der Waals surface area contributed by atoms with Crippen molar-refractivity contribution in [3.63, 3.8) is 0 Å². The zero-order chi connectivity index (χ0) is 29.4. The molecule has 1 aromatic heterocycles. The maximum atomic E-state index is 12.3. The van der Waals surface area contributed by atoms with Crippen molar-refractivity contribution in [3.05, 3.63) is 84.2 Å². The Balaban J connectivity index is 1.08. The summed E-state index contributed by atoms with van der Waals surface area (Å²) in [5, 5.41) is 8.88. The Labute approximate surface area is 248 Å². The molecule has 0 radical (unpaired) electrons. The number of carbonyl (C=O) groups is 3. The van der Waals surface area contributed by atoms with Crippen LogP contribution in [0.5, 0.6) is 5.75 Å². The van der Waals surface area contributed by atoms with Crippen LogP contribution < -0.4 is 20.7 Å². The zero-order valence-corrected chi connectivity index (χ0v) is 24.3. The van der Waals surface area contributed by atoms with Crippen molar-refractivity contribution in [1.29, 1.82) is 0 Å². The maximum Gasteiger partial charge on any atom is 0.226 e. The summed E-state index contributed by atoms with van der Waals surface area (Å²) in [4.78, 5) is 41.0. The van der Waals surface area contributed by atoms with E-state index in [1.54, 1.807) is 6.20 Å². The minimum Gasteiger partial charge on any atom is -0.494 e. The molecule has 2 aromatic carbocycles. The van der Waals surface area contributed by atoms with Gasteiger partial charge in [-0.05, 0) is 48.6 Å². The van der Waals surface area contributed by atoms with Crippen LogP contribution in [-0.2, 0) is 27.3 Å². The molecule has 0 bridgehead atoms. The normalized spacial score (nSPS) is 13.5. The molecular weight excluding hydrogens is 528 g/mol. The molecule has 1 fully saturated rings. The molecular formula is C34H42N4O4. The Kier molecular flexibility index (Phi) is 12.4. The van der Waals surface area contributed by atoms with Gasteiger partial charge in [-0.1, -0.05) is 74.2 Å². The van der Waals surface area contributed by atoms with E-state index >= 15 is 0 Å². The van der Waals surface area contributed by atoms with Gasteiger partial charge in [0.15, 0.2) is 0 Å². The fraction of sp³-hybridized carbons (Fsp3) is 0.412. The number of nitrogens with one attached hydrogen (secondary N) is 3. The average Bonchev–Trinajstić information content (AvgIpc) is 3.29. The van der Waals surface area contributed by atoms with E-state index in [4.69, 9.17) is 4.74 Å². The van der Waals surface area contributed by atoms with E-state index in [-0.39, 0.29) is 43.0 Å². The minimum absolute atomic E-state index is 0.0301. The summed E-state index contributed by atoms with van der Waals surface area (Å²) in [6, 6.07) is 21.7. The SMILES string of the molecule is O=C(CCC(=O)NC1CCCCCC1)NCCCOc1ccc(-c2ccc(CC(=O)NCc3ccccc3)nc2)cc1.